The average Bonchev–Trinajstić information content (AvgIpc) is 2.49. The van der Waals surface area contributed by atoms with Crippen LogP contribution in [0.3, 0.4) is 0 Å². The van der Waals surface area contributed by atoms with Crippen molar-refractivity contribution in [1.29, 1.82) is 0 Å². The molecule has 5 nitrogen and oxygen atoms in total. The lowest BCUT2D eigenvalue weighted by Crippen LogP contribution is -2.51. The van der Waals surface area contributed by atoms with E-state index in [1.165, 1.54) is 6.08 Å². The number of alkyl halides is 1. The molecule has 0 fully saturated rings. The van der Waals surface area contributed by atoms with Gasteiger partial charge in [0.1, 0.15) is 0 Å². The Morgan fingerprint density at radius 1 is 1.36 bits per heavy atom. The van der Waals surface area contributed by atoms with Gasteiger partial charge in [0.25, 0.3) is 0 Å². The Morgan fingerprint density at radius 2 is 1.86 bits per heavy atom. The molecule has 2 atom stereocenters. The molecule has 0 unspecified atom stereocenters. The Hall–Kier alpha value is -1.43. The standard InChI is InChI=1S/C8H9FO5/c9-8(6(11)12,7(13)14)4-2-1-3-5(4)10/h1-2,4-5,10H,3H2,(H,11,12)(H,13,14)/t4-,5-/m0/s1. The van der Waals surface area contributed by atoms with Crippen LogP contribution >= 0.6 is 0 Å². The van der Waals surface area contributed by atoms with Crippen LogP contribution in [0.5, 0.6) is 0 Å². The van der Waals surface area contributed by atoms with E-state index in [0.717, 1.165) is 6.08 Å². The molecular weight excluding hydrogens is 195 g/mol. The zero-order valence-corrected chi connectivity index (χ0v) is 7.05. The van der Waals surface area contributed by atoms with Gasteiger partial charge in [0, 0.05) is 0 Å². The zero-order valence-electron chi connectivity index (χ0n) is 7.05. The van der Waals surface area contributed by atoms with Gasteiger partial charge in [0.2, 0.25) is 0 Å². The van der Waals surface area contributed by atoms with Crippen LogP contribution in [0.1, 0.15) is 6.42 Å². The molecule has 0 aliphatic heterocycles. The summed E-state index contributed by atoms with van der Waals surface area (Å²) in [4.78, 5) is 21.0. The number of carbonyl (C=O) groups is 2. The maximum atomic E-state index is 13.6. The normalized spacial score (nSPS) is 26.4. The van der Waals surface area contributed by atoms with Crippen LogP contribution in [0.15, 0.2) is 12.2 Å². The largest absolute Gasteiger partial charge is 0.478 e. The van der Waals surface area contributed by atoms with Gasteiger partial charge in [-0.3, -0.25) is 0 Å². The van der Waals surface area contributed by atoms with Gasteiger partial charge in [0.15, 0.2) is 0 Å². The van der Waals surface area contributed by atoms with Crippen molar-refractivity contribution >= 4 is 11.9 Å². The molecule has 0 saturated heterocycles. The van der Waals surface area contributed by atoms with E-state index >= 15 is 0 Å². The highest BCUT2D eigenvalue weighted by Crippen LogP contribution is 2.33. The lowest BCUT2D eigenvalue weighted by molar-refractivity contribution is -0.173. The lowest BCUT2D eigenvalue weighted by atomic mass is 9.87. The van der Waals surface area contributed by atoms with Gasteiger partial charge >= 0.3 is 17.6 Å². The van der Waals surface area contributed by atoms with E-state index < -0.39 is 29.6 Å². The predicted octanol–water partition coefficient (Wildman–Crippen LogP) is -0.199. The highest BCUT2D eigenvalue weighted by atomic mass is 19.1. The summed E-state index contributed by atoms with van der Waals surface area (Å²) in [7, 11) is 0. The molecule has 0 spiro atoms. The number of hydrogen-bond acceptors (Lipinski definition) is 3. The number of aliphatic hydroxyl groups is 1. The molecule has 1 rings (SSSR count). The number of aliphatic carboxylic acids is 2. The van der Waals surface area contributed by atoms with Crippen molar-refractivity contribution < 1.29 is 29.3 Å². The number of hydrogen-bond donors (Lipinski definition) is 3. The molecule has 0 saturated carbocycles. The molecule has 0 aromatic heterocycles. The Kier molecular flexibility index (Phi) is 2.57. The third kappa shape index (κ3) is 1.37. The van der Waals surface area contributed by atoms with Gasteiger partial charge < -0.3 is 15.3 Å². The lowest BCUT2D eigenvalue weighted by Gasteiger charge is -2.24. The topological polar surface area (TPSA) is 94.8 Å². The van der Waals surface area contributed by atoms with Crippen molar-refractivity contribution in [2.75, 3.05) is 0 Å². The third-order valence-corrected chi connectivity index (χ3v) is 2.22. The second-order valence-corrected chi connectivity index (χ2v) is 3.08. The second-order valence-electron chi connectivity index (χ2n) is 3.08. The van der Waals surface area contributed by atoms with Crippen molar-refractivity contribution in [2.24, 2.45) is 5.92 Å². The Labute approximate surface area is 78.5 Å². The van der Waals surface area contributed by atoms with E-state index in [0.29, 0.717) is 0 Å². The molecule has 3 N–H and O–H groups in total. The van der Waals surface area contributed by atoms with Gasteiger partial charge in [-0.05, 0) is 6.42 Å². The van der Waals surface area contributed by atoms with Crippen molar-refractivity contribution in [3.63, 3.8) is 0 Å². The Morgan fingerprint density at radius 3 is 2.14 bits per heavy atom. The molecule has 0 radical (unpaired) electrons. The first-order chi connectivity index (χ1) is 6.40. The van der Waals surface area contributed by atoms with Crippen LogP contribution in [0.2, 0.25) is 0 Å². The van der Waals surface area contributed by atoms with Crippen LogP contribution in [0.4, 0.5) is 4.39 Å². The average molecular weight is 204 g/mol. The van der Waals surface area contributed by atoms with Crippen LogP contribution in [-0.4, -0.2) is 39.0 Å². The molecule has 0 aromatic carbocycles. The fourth-order valence-electron chi connectivity index (χ4n) is 1.41. The smallest absolute Gasteiger partial charge is 0.354 e. The number of halogens is 1. The van der Waals surface area contributed by atoms with E-state index in [9.17, 15) is 19.1 Å². The molecule has 0 heterocycles. The quantitative estimate of drug-likeness (QED) is 0.437. The molecule has 14 heavy (non-hydrogen) atoms. The second kappa shape index (κ2) is 3.38. The van der Waals surface area contributed by atoms with Crippen molar-refractivity contribution in [2.45, 2.75) is 18.2 Å². The summed E-state index contributed by atoms with van der Waals surface area (Å²) >= 11 is 0. The minimum Gasteiger partial charge on any atom is -0.478 e. The fourth-order valence-corrected chi connectivity index (χ4v) is 1.41. The van der Waals surface area contributed by atoms with Crippen LogP contribution in [-0.2, 0) is 9.59 Å². The Bertz CT molecular complexity index is 284. The SMILES string of the molecule is O=C(O)C(F)(C(=O)O)[C@H]1C=CC[C@@H]1O. The first kappa shape index (κ1) is 10.6. The van der Waals surface area contributed by atoms with E-state index in [2.05, 4.69) is 0 Å². The third-order valence-electron chi connectivity index (χ3n) is 2.22. The summed E-state index contributed by atoms with van der Waals surface area (Å²) in [6, 6.07) is 0. The van der Waals surface area contributed by atoms with E-state index in [1.807, 2.05) is 0 Å². The minimum atomic E-state index is -3.45. The summed E-state index contributed by atoms with van der Waals surface area (Å²) in [6.07, 6.45) is 1.20. The maximum Gasteiger partial charge on any atom is 0.354 e. The van der Waals surface area contributed by atoms with E-state index in [-0.39, 0.29) is 6.42 Å². The first-order valence-electron chi connectivity index (χ1n) is 3.91. The van der Waals surface area contributed by atoms with Crippen LogP contribution in [0, 0.1) is 5.92 Å². The van der Waals surface area contributed by atoms with Crippen LogP contribution < -0.4 is 0 Å². The van der Waals surface area contributed by atoms with Gasteiger partial charge in [-0.25, -0.2) is 14.0 Å². The Balaban J connectivity index is 3.05. The summed E-state index contributed by atoms with van der Waals surface area (Å²) in [5.41, 5.74) is -3.45. The van der Waals surface area contributed by atoms with Crippen molar-refractivity contribution in [3.8, 4) is 0 Å². The van der Waals surface area contributed by atoms with Gasteiger partial charge in [-0.1, -0.05) is 12.2 Å². The number of aliphatic hydroxyl groups excluding tert-OH is 1. The molecule has 0 bridgehead atoms. The minimum absolute atomic E-state index is 0.0664. The summed E-state index contributed by atoms with van der Waals surface area (Å²) in [6.45, 7) is 0. The summed E-state index contributed by atoms with van der Waals surface area (Å²) in [5, 5.41) is 26.2. The predicted molar refractivity (Wildman–Crippen MR) is 42.4 cm³/mol. The molecular formula is C8H9FO5. The number of carboxylic acids is 2. The molecule has 0 aromatic rings. The van der Waals surface area contributed by atoms with E-state index in [4.69, 9.17) is 10.2 Å². The van der Waals surface area contributed by atoms with Gasteiger partial charge in [-0.2, -0.15) is 0 Å². The number of carboxylic acid groups (broad SMARTS) is 2. The molecule has 6 heteroatoms. The first-order valence-corrected chi connectivity index (χ1v) is 3.91. The highest BCUT2D eigenvalue weighted by molar-refractivity contribution is 6.02. The highest BCUT2D eigenvalue weighted by Gasteiger charge is 2.56. The summed E-state index contributed by atoms with van der Waals surface area (Å²) < 4.78 is 13.6. The fraction of sp³-hybridized carbons (Fsp3) is 0.500. The van der Waals surface area contributed by atoms with Gasteiger partial charge in [-0.15, -0.1) is 0 Å². The van der Waals surface area contributed by atoms with E-state index in [1.54, 1.807) is 0 Å². The van der Waals surface area contributed by atoms with Crippen molar-refractivity contribution in [3.05, 3.63) is 12.2 Å². The van der Waals surface area contributed by atoms with Crippen LogP contribution in [0.25, 0.3) is 0 Å². The maximum absolute atomic E-state index is 13.6. The molecule has 1 aliphatic carbocycles. The number of rotatable bonds is 3. The molecule has 78 valence electrons. The monoisotopic (exact) mass is 204 g/mol. The zero-order chi connectivity index (χ0) is 10.9. The summed E-state index contributed by atoms with van der Waals surface area (Å²) in [5.74, 6) is -5.72. The molecule has 0 amide bonds. The van der Waals surface area contributed by atoms with Crippen molar-refractivity contribution in [1.82, 2.24) is 0 Å². The molecule has 1 aliphatic rings. The van der Waals surface area contributed by atoms with Gasteiger partial charge in [0.05, 0.1) is 12.0 Å².